The number of rotatable bonds is 25. The SMILES string of the molecule is COCCCC(O)COCCNC(=O)CN(CC(=O)NCCCCCC(=O)NS)CC(=O)NCCOC1OCCCC1O. The standard InChI is InChI=1S/C27H51N5O10S/c1-39-13-5-7-21(33)20-40-15-11-29-25(37)18-32(17-24(36)28-10-4-2-3-9-23(35)31-43)19-26(38)30-12-16-42-27-22(34)8-6-14-41-27/h21-22,27,33-34,43H,2-20H2,1H3,(H,28,36)(H,29,37)(H,30,38)(H,31,35). The second-order valence-corrected chi connectivity index (χ2v) is 10.4. The molecule has 0 radical (unpaired) electrons. The first-order valence-electron chi connectivity index (χ1n) is 14.9. The van der Waals surface area contributed by atoms with Gasteiger partial charge in [0.2, 0.25) is 23.6 Å². The van der Waals surface area contributed by atoms with Crippen LogP contribution in [0.15, 0.2) is 0 Å². The number of thiol groups is 1. The van der Waals surface area contributed by atoms with Crippen LogP contribution in [0.5, 0.6) is 0 Å². The summed E-state index contributed by atoms with van der Waals surface area (Å²) in [6, 6.07) is 0. The Morgan fingerprint density at radius 2 is 1.56 bits per heavy atom. The molecule has 43 heavy (non-hydrogen) atoms. The smallest absolute Gasteiger partial charge is 0.234 e. The van der Waals surface area contributed by atoms with Gasteiger partial charge >= 0.3 is 0 Å². The third kappa shape index (κ3) is 21.3. The molecule has 0 spiro atoms. The molecule has 1 fully saturated rings. The van der Waals surface area contributed by atoms with Crippen LogP contribution >= 0.6 is 12.8 Å². The lowest BCUT2D eigenvalue weighted by Crippen LogP contribution is -2.48. The van der Waals surface area contributed by atoms with E-state index in [2.05, 4.69) is 33.5 Å². The van der Waals surface area contributed by atoms with Crippen LogP contribution in [0.25, 0.3) is 0 Å². The molecule has 250 valence electrons. The van der Waals surface area contributed by atoms with E-state index in [1.165, 1.54) is 4.90 Å². The maximum absolute atomic E-state index is 12.6. The number of hydrogen-bond acceptors (Lipinski definition) is 12. The molecule has 1 rings (SSSR count). The number of nitrogens with zero attached hydrogens (tertiary/aromatic N) is 1. The molecule has 1 aliphatic heterocycles. The van der Waals surface area contributed by atoms with Gasteiger partial charge in [-0.05, 0) is 38.5 Å². The van der Waals surface area contributed by atoms with Crippen LogP contribution in [0, 0.1) is 0 Å². The highest BCUT2D eigenvalue weighted by atomic mass is 32.1. The summed E-state index contributed by atoms with van der Waals surface area (Å²) < 4.78 is 23.5. The van der Waals surface area contributed by atoms with Gasteiger partial charge in [0.25, 0.3) is 0 Å². The second kappa shape index (κ2) is 25.3. The predicted molar refractivity (Wildman–Crippen MR) is 160 cm³/mol. The fourth-order valence-corrected chi connectivity index (χ4v) is 4.22. The number of ether oxygens (including phenoxy) is 4. The van der Waals surface area contributed by atoms with Gasteiger partial charge in [-0.25, -0.2) is 0 Å². The summed E-state index contributed by atoms with van der Waals surface area (Å²) in [5, 5.41) is 27.9. The van der Waals surface area contributed by atoms with Crippen LogP contribution in [-0.2, 0) is 38.1 Å². The Hall–Kier alpha value is -2.05. The number of hydrogen-bond donors (Lipinski definition) is 7. The van der Waals surface area contributed by atoms with E-state index in [0.29, 0.717) is 51.9 Å². The van der Waals surface area contributed by atoms with Crippen molar-refractivity contribution in [1.82, 2.24) is 25.6 Å². The molecule has 0 aliphatic carbocycles. The zero-order valence-electron chi connectivity index (χ0n) is 25.2. The maximum atomic E-state index is 12.6. The van der Waals surface area contributed by atoms with Crippen LogP contribution < -0.4 is 20.7 Å². The van der Waals surface area contributed by atoms with E-state index in [0.717, 1.165) is 19.3 Å². The molecule has 3 unspecified atom stereocenters. The summed E-state index contributed by atoms with van der Waals surface area (Å²) in [4.78, 5) is 50.3. The fraction of sp³-hybridized carbons (Fsp3) is 0.852. The van der Waals surface area contributed by atoms with E-state index in [9.17, 15) is 29.4 Å². The Morgan fingerprint density at radius 3 is 2.19 bits per heavy atom. The Labute approximate surface area is 259 Å². The summed E-state index contributed by atoms with van der Waals surface area (Å²) in [7, 11) is 1.60. The lowest BCUT2D eigenvalue weighted by atomic mass is 10.1. The third-order valence-electron chi connectivity index (χ3n) is 6.34. The van der Waals surface area contributed by atoms with Gasteiger partial charge in [0, 0.05) is 46.4 Å². The van der Waals surface area contributed by atoms with E-state index < -0.39 is 24.4 Å². The molecular weight excluding hydrogens is 586 g/mol. The van der Waals surface area contributed by atoms with E-state index in [1.54, 1.807) is 7.11 Å². The van der Waals surface area contributed by atoms with Gasteiger partial charge in [-0.3, -0.25) is 24.1 Å². The minimum atomic E-state index is -0.724. The number of aliphatic hydroxyl groups is 2. The Bertz CT molecular complexity index is 797. The number of carbonyl (C=O) groups is 4. The molecule has 0 aromatic rings. The van der Waals surface area contributed by atoms with E-state index in [-0.39, 0.29) is 70.3 Å². The first-order chi connectivity index (χ1) is 20.7. The lowest BCUT2D eigenvalue weighted by molar-refractivity contribution is -0.213. The van der Waals surface area contributed by atoms with Crippen molar-refractivity contribution in [3.63, 3.8) is 0 Å². The molecule has 1 saturated heterocycles. The monoisotopic (exact) mass is 637 g/mol. The molecular formula is C27H51N5O10S. The zero-order chi connectivity index (χ0) is 31.7. The summed E-state index contributed by atoms with van der Waals surface area (Å²) in [5.41, 5.74) is 0. The average molecular weight is 638 g/mol. The van der Waals surface area contributed by atoms with E-state index in [1.807, 2.05) is 0 Å². The minimum absolute atomic E-state index is 0.130. The number of carbonyl (C=O) groups excluding carboxylic acids is 4. The van der Waals surface area contributed by atoms with Crippen molar-refractivity contribution >= 4 is 36.4 Å². The highest BCUT2D eigenvalue weighted by Crippen LogP contribution is 2.14. The predicted octanol–water partition coefficient (Wildman–Crippen LogP) is -1.52. The van der Waals surface area contributed by atoms with Gasteiger partial charge in [0.15, 0.2) is 6.29 Å². The van der Waals surface area contributed by atoms with Crippen molar-refractivity contribution in [2.24, 2.45) is 0 Å². The molecule has 6 N–H and O–H groups in total. The fourth-order valence-electron chi connectivity index (χ4n) is 4.11. The average Bonchev–Trinajstić information content (AvgIpc) is 2.97. The quantitative estimate of drug-likeness (QED) is 0.0453. The Morgan fingerprint density at radius 1 is 0.907 bits per heavy atom. The molecule has 0 aromatic carbocycles. The minimum Gasteiger partial charge on any atom is -0.391 e. The molecule has 3 atom stereocenters. The summed E-state index contributed by atoms with van der Waals surface area (Å²) >= 11 is 3.70. The second-order valence-electron chi connectivity index (χ2n) is 10.2. The van der Waals surface area contributed by atoms with Crippen molar-refractivity contribution in [3.8, 4) is 0 Å². The topological polar surface area (TPSA) is 197 Å². The first kappa shape index (κ1) is 39.0. The number of nitrogens with one attached hydrogen (secondary N) is 4. The van der Waals surface area contributed by atoms with Crippen molar-refractivity contribution in [2.75, 3.05) is 79.4 Å². The van der Waals surface area contributed by atoms with E-state index in [4.69, 9.17) is 18.9 Å². The first-order valence-corrected chi connectivity index (χ1v) is 15.3. The summed E-state index contributed by atoms with van der Waals surface area (Å²) in [5.74, 6) is -1.29. The van der Waals surface area contributed by atoms with Gasteiger partial charge in [-0.15, -0.1) is 0 Å². The summed E-state index contributed by atoms with van der Waals surface area (Å²) in [6.07, 6.45) is 3.01. The van der Waals surface area contributed by atoms with Crippen LogP contribution in [0.3, 0.4) is 0 Å². The van der Waals surface area contributed by atoms with Gasteiger partial charge in [0.1, 0.15) is 6.10 Å². The highest BCUT2D eigenvalue weighted by molar-refractivity contribution is 7.78. The molecule has 0 bridgehead atoms. The maximum Gasteiger partial charge on any atom is 0.234 e. The lowest BCUT2D eigenvalue weighted by Gasteiger charge is -2.27. The van der Waals surface area contributed by atoms with Gasteiger partial charge < -0.3 is 49.8 Å². The molecule has 16 heteroatoms. The van der Waals surface area contributed by atoms with Gasteiger partial charge in [0.05, 0.1) is 45.6 Å². The molecule has 1 aliphatic rings. The molecule has 0 aromatic heterocycles. The number of unbranched alkanes of at least 4 members (excludes halogenated alkanes) is 2. The molecule has 4 amide bonds. The third-order valence-corrected chi connectivity index (χ3v) is 6.59. The van der Waals surface area contributed by atoms with Crippen molar-refractivity contribution in [2.45, 2.75) is 69.9 Å². The number of aliphatic hydroxyl groups excluding tert-OH is 2. The van der Waals surface area contributed by atoms with Crippen molar-refractivity contribution < 1.29 is 48.3 Å². The number of amides is 4. The van der Waals surface area contributed by atoms with Crippen LogP contribution in [0.1, 0.15) is 51.4 Å². The Kier molecular flexibility index (Phi) is 22.9. The normalized spacial score (nSPS) is 17.3. The Balaban J connectivity index is 2.43. The van der Waals surface area contributed by atoms with Crippen LogP contribution in [-0.4, -0.2) is 137 Å². The molecule has 0 saturated carbocycles. The number of methoxy groups -OCH3 is 1. The molecule has 1 heterocycles. The highest BCUT2D eigenvalue weighted by Gasteiger charge is 2.24. The van der Waals surface area contributed by atoms with Crippen LogP contribution in [0.2, 0.25) is 0 Å². The van der Waals surface area contributed by atoms with Crippen molar-refractivity contribution in [1.29, 1.82) is 0 Å². The van der Waals surface area contributed by atoms with Gasteiger partial charge in [-0.1, -0.05) is 19.2 Å². The van der Waals surface area contributed by atoms with E-state index >= 15 is 0 Å². The van der Waals surface area contributed by atoms with Crippen LogP contribution in [0.4, 0.5) is 0 Å². The summed E-state index contributed by atoms with van der Waals surface area (Å²) in [6.45, 7) is 1.72. The van der Waals surface area contributed by atoms with Crippen molar-refractivity contribution in [3.05, 3.63) is 0 Å². The zero-order valence-corrected chi connectivity index (χ0v) is 26.1. The van der Waals surface area contributed by atoms with Gasteiger partial charge in [-0.2, -0.15) is 0 Å². The molecule has 15 nitrogen and oxygen atoms in total. The largest absolute Gasteiger partial charge is 0.391 e.